The van der Waals surface area contributed by atoms with Gasteiger partial charge in [-0.05, 0) is 50.1 Å². The van der Waals surface area contributed by atoms with Crippen molar-refractivity contribution in [3.63, 3.8) is 0 Å². The molecule has 2 rings (SSSR count). The number of halogens is 2. The van der Waals surface area contributed by atoms with Crippen LogP contribution < -0.4 is 10.6 Å². The Balaban J connectivity index is 2.22. The molecule has 0 aliphatic carbocycles. The maximum absolute atomic E-state index is 12.4. The van der Waals surface area contributed by atoms with E-state index in [2.05, 4.69) is 10.6 Å². The van der Waals surface area contributed by atoms with Crippen molar-refractivity contribution < 1.29 is 4.79 Å². The Morgan fingerprint density at radius 3 is 2.36 bits per heavy atom. The summed E-state index contributed by atoms with van der Waals surface area (Å²) in [5.41, 5.74) is 4.13. The van der Waals surface area contributed by atoms with Gasteiger partial charge in [-0.1, -0.05) is 40.9 Å². The zero-order chi connectivity index (χ0) is 18.6. The fourth-order valence-electron chi connectivity index (χ4n) is 2.46. The second kappa shape index (κ2) is 8.06. The molecule has 128 valence electrons. The molecule has 25 heavy (non-hydrogen) atoms. The zero-order valence-electron chi connectivity index (χ0n) is 14.1. The monoisotopic (exact) mass is 373 g/mol. The summed E-state index contributed by atoms with van der Waals surface area (Å²) < 4.78 is 0. The minimum Gasteiger partial charge on any atom is -0.359 e. The van der Waals surface area contributed by atoms with Crippen LogP contribution in [0.3, 0.4) is 0 Å². The topological polar surface area (TPSA) is 64.9 Å². The van der Waals surface area contributed by atoms with Crippen LogP contribution in [0.4, 0.5) is 11.4 Å². The number of nitrogens with zero attached hydrogens (tertiary/aromatic N) is 1. The summed E-state index contributed by atoms with van der Waals surface area (Å²) in [5, 5.41) is 15.8. The highest BCUT2D eigenvalue weighted by atomic mass is 35.5. The van der Waals surface area contributed by atoms with Crippen LogP contribution in [-0.4, -0.2) is 5.91 Å². The van der Waals surface area contributed by atoms with Crippen molar-refractivity contribution >= 4 is 40.5 Å². The lowest BCUT2D eigenvalue weighted by molar-refractivity contribution is -0.112. The average molecular weight is 374 g/mol. The van der Waals surface area contributed by atoms with E-state index in [1.165, 1.54) is 6.20 Å². The Bertz CT molecular complexity index is 875. The van der Waals surface area contributed by atoms with Gasteiger partial charge in [0.1, 0.15) is 11.6 Å². The number of amides is 1. The normalized spacial score (nSPS) is 11.0. The molecule has 0 unspecified atom stereocenters. The van der Waals surface area contributed by atoms with Gasteiger partial charge in [0.25, 0.3) is 5.91 Å². The van der Waals surface area contributed by atoms with Crippen molar-refractivity contribution in [2.24, 2.45) is 0 Å². The summed E-state index contributed by atoms with van der Waals surface area (Å²) >= 11 is 12.0. The van der Waals surface area contributed by atoms with E-state index in [4.69, 9.17) is 23.2 Å². The molecule has 0 heterocycles. The summed E-state index contributed by atoms with van der Waals surface area (Å²) in [6, 6.07) is 10.7. The lowest BCUT2D eigenvalue weighted by atomic mass is 10.0. The van der Waals surface area contributed by atoms with Crippen LogP contribution in [0.15, 0.2) is 42.1 Å². The number of carbonyl (C=O) groups is 1. The largest absolute Gasteiger partial charge is 0.359 e. The second-order valence-corrected chi connectivity index (χ2v) is 6.51. The molecule has 4 nitrogen and oxygen atoms in total. The molecule has 0 saturated heterocycles. The molecule has 0 radical (unpaired) electrons. The molecular weight excluding hydrogens is 357 g/mol. The van der Waals surface area contributed by atoms with Gasteiger partial charge in [-0.15, -0.1) is 0 Å². The maximum Gasteiger partial charge on any atom is 0.267 e. The van der Waals surface area contributed by atoms with E-state index in [0.29, 0.717) is 21.4 Å². The Morgan fingerprint density at radius 1 is 1.12 bits per heavy atom. The third-order valence-corrected chi connectivity index (χ3v) is 4.15. The third kappa shape index (κ3) is 4.76. The van der Waals surface area contributed by atoms with Crippen LogP contribution in [0.1, 0.15) is 16.7 Å². The van der Waals surface area contributed by atoms with Crippen LogP contribution in [0.2, 0.25) is 10.0 Å². The van der Waals surface area contributed by atoms with Gasteiger partial charge in [0.05, 0.1) is 10.7 Å². The molecule has 2 aromatic rings. The van der Waals surface area contributed by atoms with Gasteiger partial charge in [-0.3, -0.25) is 4.79 Å². The number of nitrogens with one attached hydrogen (secondary N) is 2. The van der Waals surface area contributed by atoms with E-state index in [1.807, 2.05) is 39.0 Å². The highest BCUT2D eigenvalue weighted by Gasteiger charge is 2.13. The van der Waals surface area contributed by atoms with Crippen LogP contribution in [0, 0.1) is 32.1 Å². The standard InChI is InChI=1S/C19H17Cl2N3O/c1-11-6-12(2)18(13(3)7-11)24-19(25)14(9-22)10-23-17-8-15(20)4-5-16(17)21/h4-8,10,23H,1-3H3,(H,24,25)/b14-10-. The number of carbonyl (C=O) groups excluding carboxylic acids is 1. The predicted octanol–water partition coefficient (Wildman–Crippen LogP) is 5.38. The van der Waals surface area contributed by atoms with E-state index >= 15 is 0 Å². The number of anilines is 2. The highest BCUT2D eigenvalue weighted by Crippen LogP contribution is 2.26. The highest BCUT2D eigenvalue weighted by molar-refractivity contribution is 6.35. The fraction of sp³-hybridized carbons (Fsp3) is 0.158. The quantitative estimate of drug-likeness (QED) is 0.558. The average Bonchev–Trinajstić information content (AvgIpc) is 2.54. The predicted molar refractivity (Wildman–Crippen MR) is 103 cm³/mol. The summed E-state index contributed by atoms with van der Waals surface area (Å²) in [7, 11) is 0. The molecule has 6 heteroatoms. The van der Waals surface area contributed by atoms with Crippen LogP contribution in [0.25, 0.3) is 0 Å². The number of hydrogen-bond donors (Lipinski definition) is 2. The van der Waals surface area contributed by atoms with Crippen molar-refractivity contribution in [2.45, 2.75) is 20.8 Å². The van der Waals surface area contributed by atoms with Crippen molar-refractivity contribution in [3.8, 4) is 6.07 Å². The van der Waals surface area contributed by atoms with E-state index in [-0.39, 0.29) is 5.57 Å². The molecule has 1 amide bonds. The number of aryl methyl sites for hydroxylation is 3. The molecule has 0 aromatic heterocycles. The first-order valence-electron chi connectivity index (χ1n) is 7.53. The fourth-order valence-corrected chi connectivity index (χ4v) is 2.81. The lowest BCUT2D eigenvalue weighted by Crippen LogP contribution is -2.16. The molecule has 0 spiro atoms. The van der Waals surface area contributed by atoms with Crippen molar-refractivity contribution in [3.05, 3.63) is 68.8 Å². The lowest BCUT2D eigenvalue weighted by Gasteiger charge is -2.12. The summed E-state index contributed by atoms with van der Waals surface area (Å²) in [6.07, 6.45) is 1.31. The molecule has 0 bridgehead atoms. The first-order chi connectivity index (χ1) is 11.8. The summed E-state index contributed by atoms with van der Waals surface area (Å²) in [4.78, 5) is 12.4. The van der Waals surface area contributed by atoms with Crippen LogP contribution >= 0.6 is 23.2 Å². The third-order valence-electron chi connectivity index (χ3n) is 3.58. The first kappa shape index (κ1) is 18.9. The Labute approximate surface area is 157 Å². The number of benzene rings is 2. The molecule has 0 fully saturated rings. The minimum atomic E-state index is -0.497. The van der Waals surface area contributed by atoms with Crippen LogP contribution in [0.5, 0.6) is 0 Å². The summed E-state index contributed by atoms with van der Waals surface area (Å²) in [6.45, 7) is 5.82. The SMILES string of the molecule is Cc1cc(C)c(NC(=O)/C(C#N)=C\Nc2cc(Cl)ccc2Cl)c(C)c1. The van der Waals surface area contributed by atoms with Gasteiger partial charge in [-0.25, -0.2) is 0 Å². The van der Waals surface area contributed by atoms with Gasteiger partial charge >= 0.3 is 0 Å². The van der Waals surface area contributed by atoms with Crippen molar-refractivity contribution in [1.29, 1.82) is 5.26 Å². The van der Waals surface area contributed by atoms with Crippen molar-refractivity contribution in [1.82, 2.24) is 0 Å². The number of hydrogen-bond acceptors (Lipinski definition) is 3. The van der Waals surface area contributed by atoms with Gasteiger partial charge in [0.15, 0.2) is 0 Å². The minimum absolute atomic E-state index is 0.0737. The molecule has 0 saturated carbocycles. The van der Waals surface area contributed by atoms with Gasteiger partial charge in [-0.2, -0.15) is 5.26 Å². The molecule has 0 aliphatic heterocycles. The maximum atomic E-state index is 12.4. The molecule has 2 N–H and O–H groups in total. The molecular formula is C19H17Cl2N3O. The molecule has 0 atom stereocenters. The first-order valence-corrected chi connectivity index (χ1v) is 8.28. The van der Waals surface area contributed by atoms with Gasteiger partial charge in [0.2, 0.25) is 0 Å². The Kier molecular flexibility index (Phi) is 6.08. The molecule has 2 aromatic carbocycles. The molecule has 0 aliphatic rings. The van der Waals surface area contributed by atoms with Crippen LogP contribution in [-0.2, 0) is 4.79 Å². The van der Waals surface area contributed by atoms with E-state index in [0.717, 1.165) is 16.7 Å². The van der Waals surface area contributed by atoms with Gasteiger partial charge in [0, 0.05) is 16.9 Å². The summed E-state index contributed by atoms with van der Waals surface area (Å²) in [5.74, 6) is -0.497. The zero-order valence-corrected chi connectivity index (χ0v) is 15.6. The van der Waals surface area contributed by atoms with E-state index < -0.39 is 5.91 Å². The van der Waals surface area contributed by atoms with E-state index in [9.17, 15) is 10.1 Å². The van der Waals surface area contributed by atoms with Crippen molar-refractivity contribution in [2.75, 3.05) is 10.6 Å². The second-order valence-electron chi connectivity index (χ2n) is 5.67. The Hall–Kier alpha value is -2.48. The van der Waals surface area contributed by atoms with E-state index in [1.54, 1.807) is 18.2 Å². The Morgan fingerprint density at radius 2 is 1.76 bits per heavy atom. The number of rotatable bonds is 4. The number of nitriles is 1. The smallest absolute Gasteiger partial charge is 0.267 e. The van der Waals surface area contributed by atoms with Gasteiger partial charge < -0.3 is 10.6 Å².